The van der Waals surface area contributed by atoms with Gasteiger partial charge in [0.2, 0.25) is 0 Å². The molecule has 0 spiro atoms. The van der Waals surface area contributed by atoms with Gasteiger partial charge in [0.15, 0.2) is 0 Å². The summed E-state index contributed by atoms with van der Waals surface area (Å²) in [4.78, 5) is 2.45. The number of nitrogens with one attached hydrogen (secondary N) is 1. The summed E-state index contributed by atoms with van der Waals surface area (Å²) in [6, 6.07) is 6.99. The molecule has 1 atom stereocenters. The summed E-state index contributed by atoms with van der Waals surface area (Å²) in [5, 5.41) is 3.50. The van der Waals surface area contributed by atoms with Gasteiger partial charge in [0.1, 0.15) is 0 Å². The maximum Gasteiger partial charge on any atom is 0.0428 e. The molecule has 2 rings (SSSR count). The summed E-state index contributed by atoms with van der Waals surface area (Å²) in [5.74, 6) is 0. The molecule has 18 heavy (non-hydrogen) atoms. The van der Waals surface area contributed by atoms with Gasteiger partial charge in [-0.1, -0.05) is 41.1 Å². The minimum atomic E-state index is 0.393. The van der Waals surface area contributed by atoms with Crippen LogP contribution in [-0.4, -0.2) is 19.6 Å². The van der Waals surface area contributed by atoms with Crippen LogP contribution < -0.4 is 10.2 Å². The van der Waals surface area contributed by atoms with Crippen molar-refractivity contribution in [3.63, 3.8) is 0 Å². The van der Waals surface area contributed by atoms with Crippen molar-refractivity contribution in [3.05, 3.63) is 40.4 Å². The monoisotopic (exact) mass is 308 g/mol. The van der Waals surface area contributed by atoms with Crippen molar-refractivity contribution >= 4 is 21.6 Å². The van der Waals surface area contributed by atoms with Gasteiger partial charge in [-0.25, -0.2) is 0 Å². The lowest BCUT2D eigenvalue weighted by molar-refractivity contribution is 0.596. The molecule has 1 aromatic rings. The summed E-state index contributed by atoms with van der Waals surface area (Å²) in [6.07, 6.45) is 5.66. The Bertz CT molecular complexity index is 429. The van der Waals surface area contributed by atoms with Gasteiger partial charge in [-0.15, -0.1) is 0 Å². The fourth-order valence-corrected chi connectivity index (χ4v) is 2.78. The van der Waals surface area contributed by atoms with E-state index in [1.165, 1.54) is 11.3 Å². The van der Waals surface area contributed by atoms with Crippen LogP contribution in [0.3, 0.4) is 0 Å². The lowest BCUT2D eigenvalue weighted by atomic mass is 10.0. The first-order chi connectivity index (χ1) is 8.72. The lowest BCUT2D eigenvalue weighted by Gasteiger charge is -2.30. The third-order valence-electron chi connectivity index (χ3n) is 3.37. The van der Waals surface area contributed by atoms with Crippen molar-refractivity contribution in [2.45, 2.75) is 26.3 Å². The maximum atomic E-state index is 3.59. The highest BCUT2D eigenvalue weighted by atomic mass is 79.9. The first-order valence-electron chi connectivity index (χ1n) is 6.65. The average Bonchev–Trinajstić information content (AvgIpc) is 2.40. The molecule has 1 aromatic carbocycles. The Morgan fingerprint density at radius 2 is 2.22 bits per heavy atom. The van der Waals surface area contributed by atoms with Crippen molar-refractivity contribution < 1.29 is 0 Å². The Labute approximate surface area is 118 Å². The molecule has 3 heteroatoms. The Morgan fingerprint density at radius 1 is 1.39 bits per heavy atom. The molecule has 1 heterocycles. The molecule has 0 fully saturated rings. The zero-order valence-corrected chi connectivity index (χ0v) is 12.7. The summed E-state index contributed by atoms with van der Waals surface area (Å²) in [7, 11) is 0. The van der Waals surface area contributed by atoms with E-state index in [1.807, 2.05) is 0 Å². The zero-order chi connectivity index (χ0) is 13.0. The van der Waals surface area contributed by atoms with E-state index in [2.05, 4.69) is 70.3 Å². The molecule has 0 amide bonds. The average molecular weight is 309 g/mol. The summed E-state index contributed by atoms with van der Waals surface area (Å²) >= 11 is 3.59. The molecule has 0 radical (unpaired) electrons. The highest BCUT2D eigenvalue weighted by Gasteiger charge is 2.16. The lowest BCUT2D eigenvalue weighted by Crippen LogP contribution is -2.29. The van der Waals surface area contributed by atoms with Gasteiger partial charge < -0.3 is 10.2 Å². The molecule has 1 N–H and O–H groups in total. The fourth-order valence-electron chi connectivity index (χ4n) is 2.43. The van der Waals surface area contributed by atoms with Gasteiger partial charge in [0, 0.05) is 29.3 Å². The van der Waals surface area contributed by atoms with E-state index in [1.54, 1.807) is 0 Å². The molecule has 2 nitrogen and oxygen atoms in total. The number of rotatable bonds is 4. The second kappa shape index (κ2) is 6.39. The molecule has 1 aliphatic heterocycles. The Hall–Kier alpha value is -0.800. The number of hydrogen-bond acceptors (Lipinski definition) is 2. The summed E-state index contributed by atoms with van der Waals surface area (Å²) < 4.78 is 1.15. The smallest absolute Gasteiger partial charge is 0.0428 e. The molecular weight excluding hydrogens is 288 g/mol. The second-order valence-electron chi connectivity index (χ2n) is 4.69. The predicted octanol–water partition coefficient (Wildman–Crippen LogP) is 3.89. The zero-order valence-electron chi connectivity index (χ0n) is 11.1. The number of nitrogens with zero attached hydrogens (tertiary/aromatic N) is 1. The van der Waals surface area contributed by atoms with Crippen molar-refractivity contribution in [1.29, 1.82) is 0 Å². The number of benzene rings is 1. The van der Waals surface area contributed by atoms with Crippen molar-refractivity contribution in [3.8, 4) is 0 Å². The van der Waals surface area contributed by atoms with E-state index >= 15 is 0 Å². The molecule has 0 saturated carbocycles. The van der Waals surface area contributed by atoms with Crippen LogP contribution >= 0.6 is 15.9 Å². The normalized spacial score (nSPS) is 16.9. The summed E-state index contributed by atoms with van der Waals surface area (Å²) in [6.45, 7) is 7.51. The third-order valence-corrected chi connectivity index (χ3v) is 3.86. The molecule has 0 aromatic heterocycles. The number of hydrogen-bond donors (Lipinski definition) is 1. The quantitative estimate of drug-likeness (QED) is 0.849. The van der Waals surface area contributed by atoms with Crippen molar-refractivity contribution in [1.82, 2.24) is 5.32 Å². The highest BCUT2D eigenvalue weighted by Crippen LogP contribution is 2.30. The SMILES string of the molecule is CCNC(C)c1ccc(Br)cc1N1CC=CCC1. The van der Waals surface area contributed by atoms with Crippen LogP contribution in [-0.2, 0) is 0 Å². The first-order valence-corrected chi connectivity index (χ1v) is 7.44. The van der Waals surface area contributed by atoms with E-state index in [0.717, 1.165) is 30.5 Å². The van der Waals surface area contributed by atoms with Gasteiger partial charge in [-0.2, -0.15) is 0 Å². The molecule has 0 bridgehead atoms. The molecular formula is C15H21BrN2. The first kappa shape index (κ1) is 13.6. The minimum Gasteiger partial charge on any atom is -0.367 e. The second-order valence-corrected chi connectivity index (χ2v) is 5.60. The molecule has 98 valence electrons. The van der Waals surface area contributed by atoms with Crippen LogP contribution in [0.1, 0.15) is 31.9 Å². The van der Waals surface area contributed by atoms with Crippen LogP contribution in [0.4, 0.5) is 5.69 Å². The maximum absolute atomic E-state index is 3.59. The van der Waals surface area contributed by atoms with Crippen LogP contribution in [0.5, 0.6) is 0 Å². The third kappa shape index (κ3) is 3.15. The molecule has 0 saturated heterocycles. The standard InChI is InChI=1S/C15H21BrN2/c1-3-17-12(2)14-8-7-13(16)11-15(14)18-9-5-4-6-10-18/h4-5,7-8,11-12,17H,3,6,9-10H2,1-2H3. The fraction of sp³-hybridized carbons (Fsp3) is 0.467. The van der Waals surface area contributed by atoms with Gasteiger partial charge in [0.25, 0.3) is 0 Å². The van der Waals surface area contributed by atoms with E-state index in [9.17, 15) is 0 Å². The van der Waals surface area contributed by atoms with Gasteiger partial charge >= 0.3 is 0 Å². The van der Waals surface area contributed by atoms with E-state index in [0.29, 0.717) is 6.04 Å². The largest absolute Gasteiger partial charge is 0.367 e. The number of halogens is 1. The van der Waals surface area contributed by atoms with Gasteiger partial charge in [0.05, 0.1) is 0 Å². The molecule has 1 aliphatic rings. The van der Waals surface area contributed by atoms with Crippen LogP contribution in [0.25, 0.3) is 0 Å². The van der Waals surface area contributed by atoms with Crippen LogP contribution in [0.2, 0.25) is 0 Å². The number of anilines is 1. The Balaban J connectivity index is 2.30. The predicted molar refractivity (Wildman–Crippen MR) is 82.2 cm³/mol. The molecule has 1 unspecified atom stereocenters. The molecule has 0 aliphatic carbocycles. The van der Waals surface area contributed by atoms with E-state index in [4.69, 9.17) is 0 Å². The van der Waals surface area contributed by atoms with Gasteiger partial charge in [-0.3, -0.25) is 0 Å². The van der Waals surface area contributed by atoms with Crippen molar-refractivity contribution in [2.24, 2.45) is 0 Å². The van der Waals surface area contributed by atoms with E-state index < -0.39 is 0 Å². The van der Waals surface area contributed by atoms with Crippen molar-refractivity contribution in [2.75, 3.05) is 24.5 Å². The topological polar surface area (TPSA) is 15.3 Å². The Kier molecular flexibility index (Phi) is 4.84. The minimum absolute atomic E-state index is 0.393. The van der Waals surface area contributed by atoms with E-state index in [-0.39, 0.29) is 0 Å². The Morgan fingerprint density at radius 3 is 2.89 bits per heavy atom. The summed E-state index contributed by atoms with van der Waals surface area (Å²) in [5.41, 5.74) is 2.73. The highest BCUT2D eigenvalue weighted by molar-refractivity contribution is 9.10. The van der Waals surface area contributed by atoms with Crippen LogP contribution in [0, 0.1) is 0 Å². The van der Waals surface area contributed by atoms with Crippen LogP contribution in [0.15, 0.2) is 34.8 Å². The van der Waals surface area contributed by atoms with Gasteiger partial charge in [-0.05, 0) is 37.6 Å².